The highest BCUT2D eigenvalue weighted by Crippen LogP contribution is 2.22. The predicted molar refractivity (Wildman–Crippen MR) is 76.2 cm³/mol. The third-order valence-corrected chi connectivity index (χ3v) is 4.18. The van der Waals surface area contributed by atoms with E-state index in [-0.39, 0.29) is 0 Å². The topological polar surface area (TPSA) is 44.3 Å². The first-order valence-electron chi connectivity index (χ1n) is 7.31. The van der Waals surface area contributed by atoms with Gasteiger partial charge < -0.3 is 10.2 Å². The number of aromatic nitrogens is 2. The molecular weight excluding hydrogens is 238 g/mol. The Morgan fingerprint density at radius 3 is 2.63 bits per heavy atom. The maximum absolute atomic E-state index is 4.50. The van der Waals surface area contributed by atoms with Crippen LogP contribution < -0.4 is 10.2 Å². The first-order chi connectivity index (χ1) is 9.36. The molecule has 0 bridgehead atoms. The van der Waals surface area contributed by atoms with Gasteiger partial charge in [0.2, 0.25) is 5.95 Å². The van der Waals surface area contributed by atoms with Crippen LogP contribution in [0.3, 0.4) is 0 Å². The van der Waals surface area contributed by atoms with Crippen LogP contribution in [-0.2, 0) is 6.54 Å². The second-order valence-corrected chi connectivity index (χ2v) is 5.55. The third kappa shape index (κ3) is 2.87. The molecule has 5 heteroatoms. The van der Waals surface area contributed by atoms with Crippen LogP contribution in [0.2, 0.25) is 0 Å². The summed E-state index contributed by atoms with van der Waals surface area (Å²) in [5, 5.41) is 3.12. The van der Waals surface area contributed by atoms with Gasteiger partial charge in [-0.05, 0) is 39.4 Å². The van der Waals surface area contributed by atoms with Crippen molar-refractivity contribution >= 4 is 5.95 Å². The third-order valence-electron chi connectivity index (χ3n) is 4.18. The van der Waals surface area contributed by atoms with Gasteiger partial charge in [-0.1, -0.05) is 0 Å². The highest BCUT2D eigenvalue weighted by atomic mass is 15.3. The molecule has 1 N–H and O–H groups in total. The van der Waals surface area contributed by atoms with E-state index in [1.54, 1.807) is 0 Å². The van der Waals surface area contributed by atoms with E-state index >= 15 is 0 Å². The van der Waals surface area contributed by atoms with Crippen molar-refractivity contribution < 1.29 is 0 Å². The molecule has 0 saturated carbocycles. The van der Waals surface area contributed by atoms with E-state index in [2.05, 4.69) is 25.1 Å². The Bertz CT molecular complexity index is 399. The smallest absolute Gasteiger partial charge is 0.225 e. The molecule has 1 unspecified atom stereocenters. The number of likely N-dealkylation sites (tertiary alicyclic amines) is 1. The molecular formula is C14H23N5. The maximum atomic E-state index is 4.50. The molecule has 3 heterocycles. The van der Waals surface area contributed by atoms with Crippen molar-refractivity contribution in [1.29, 1.82) is 0 Å². The summed E-state index contributed by atoms with van der Waals surface area (Å²) >= 11 is 0. The van der Waals surface area contributed by atoms with E-state index in [1.165, 1.54) is 32.4 Å². The van der Waals surface area contributed by atoms with Gasteiger partial charge in [0.15, 0.2) is 0 Å². The van der Waals surface area contributed by atoms with Gasteiger partial charge in [-0.2, -0.15) is 0 Å². The number of nitrogens with zero attached hydrogens (tertiary/aromatic N) is 4. The fourth-order valence-corrected chi connectivity index (χ4v) is 3.13. The van der Waals surface area contributed by atoms with E-state index in [1.807, 2.05) is 19.4 Å². The molecule has 0 aliphatic carbocycles. The van der Waals surface area contributed by atoms with E-state index in [4.69, 9.17) is 0 Å². The molecule has 104 valence electrons. The van der Waals surface area contributed by atoms with E-state index in [9.17, 15) is 0 Å². The highest BCUT2D eigenvalue weighted by Gasteiger charge is 2.30. The molecule has 19 heavy (non-hydrogen) atoms. The van der Waals surface area contributed by atoms with Gasteiger partial charge in [-0.15, -0.1) is 0 Å². The van der Waals surface area contributed by atoms with Crippen LogP contribution in [0.1, 0.15) is 24.8 Å². The van der Waals surface area contributed by atoms with E-state index < -0.39 is 0 Å². The monoisotopic (exact) mass is 261 g/mol. The Balaban J connectivity index is 1.60. The summed E-state index contributed by atoms with van der Waals surface area (Å²) in [7, 11) is 1.94. The number of anilines is 1. The summed E-state index contributed by atoms with van der Waals surface area (Å²) in [5.41, 5.74) is 1.14. The average molecular weight is 261 g/mol. The highest BCUT2D eigenvalue weighted by molar-refractivity contribution is 5.32. The van der Waals surface area contributed by atoms with Crippen molar-refractivity contribution in [3.05, 3.63) is 18.0 Å². The van der Waals surface area contributed by atoms with Gasteiger partial charge in [0.1, 0.15) is 0 Å². The first kappa shape index (κ1) is 12.8. The molecule has 0 spiro atoms. The van der Waals surface area contributed by atoms with Crippen LogP contribution in [0.5, 0.6) is 0 Å². The van der Waals surface area contributed by atoms with E-state index in [0.29, 0.717) is 6.04 Å². The zero-order chi connectivity index (χ0) is 13.1. The number of nitrogens with one attached hydrogen (secondary N) is 1. The first-order valence-corrected chi connectivity index (χ1v) is 7.31. The minimum Gasteiger partial charge on any atom is -0.339 e. The molecule has 2 fully saturated rings. The van der Waals surface area contributed by atoms with Crippen LogP contribution >= 0.6 is 0 Å². The summed E-state index contributed by atoms with van der Waals surface area (Å²) < 4.78 is 0. The second kappa shape index (κ2) is 5.84. The van der Waals surface area contributed by atoms with Gasteiger partial charge in [0, 0.05) is 43.6 Å². The van der Waals surface area contributed by atoms with Crippen molar-refractivity contribution in [3.63, 3.8) is 0 Å². The predicted octanol–water partition coefficient (Wildman–Crippen LogP) is 0.870. The number of rotatable bonds is 4. The summed E-state index contributed by atoms with van der Waals surface area (Å²) in [6.45, 7) is 5.57. The van der Waals surface area contributed by atoms with Crippen molar-refractivity contribution in [3.8, 4) is 0 Å². The fourth-order valence-electron chi connectivity index (χ4n) is 3.13. The molecule has 1 atom stereocenters. The normalized spacial score (nSPS) is 24.3. The zero-order valence-corrected chi connectivity index (χ0v) is 11.7. The molecule has 2 aliphatic rings. The van der Waals surface area contributed by atoms with Crippen LogP contribution in [0.25, 0.3) is 0 Å². The quantitative estimate of drug-likeness (QED) is 0.871. The lowest BCUT2D eigenvalue weighted by Gasteiger charge is -2.23. The molecule has 2 saturated heterocycles. The Labute approximate surface area is 115 Å². The van der Waals surface area contributed by atoms with Crippen molar-refractivity contribution in [2.24, 2.45) is 0 Å². The molecule has 2 aliphatic heterocycles. The Morgan fingerprint density at radius 1 is 1.21 bits per heavy atom. The van der Waals surface area contributed by atoms with Crippen LogP contribution in [0, 0.1) is 0 Å². The number of hydrogen-bond donors (Lipinski definition) is 1. The van der Waals surface area contributed by atoms with Crippen LogP contribution in [0.4, 0.5) is 5.95 Å². The SMILES string of the molecule is CNCc1cnc(N2CCC(N3CCCC3)C2)nc1. The Kier molecular flexibility index (Phi) is 3.94. The van der Waals surface area contributed by atoms with Crippen molar-refractivity contribution in [2.45, 2.75) is 31.8 Å². The molecule has 0 amide bonds. The van der Waals surface area contributed by atoms with Gasteiger partial charge >= 0.3 is 0 Å². The standard InChI is InChI=1S/C14H23N5/c1-15-8-12-9-16-14(17-10-12)19-7-4-13(11-19)18-5-2-3-6-18/h9-10,13,15H,2-8,11H2,1H3. The van der Waals surface area contributed by atoms with Gasteiger partial charge in [0.05, 0.1) is 0 Å². The maximum Gasteiger partial charge on any atom is 0.225 e. The molecule has 0 radical (unpaired) electrons. The summed E-state index contributed by atoms with van der Waals surface area (Å²) in [6.07, 6.45) is 7.85. The van der Waals surface area contributed by atoms with Crippen molar-refractivity contribution in [2.75, 3.05) is 38.1 Å². The second-order valence-electron chi connectivity index (χ2n) is 5.55. The Morgan fingerprint density at radius 2 is 1.95 bits per heavy atom. The largest absolute Gasteiger partial charge is 0.339 e. The van der Waals surface area contributed by atoms with Crippen molar-refractivity contribution in [1.82, 2.24) is 20.2 Å². The number of hydrogen-bond acceptors (Lipinski definition) is 5. The molecule has 1 aromatic rings. The van der Waals surface area contributed by atoms with E-state index in [0.717, 1.165) is 31.1 Å². The van der Waals surface area contributed by atoms with Gasteiger partial charge in [-0.25, -0.2) is 9.97 Å². The van der Waals surface area contributed by atoms with Gasteiger partial charge in [-0.3, -0.25) is 4.90 Å². The van der Waals surface area contributed by atoms with Crippen LogP contribution in [0.15, 0.2) is 12.4 Å². The summed E-state index contributed by atoms with van der Waals surface area (Å²) in [6, 6.07) is 0.711. The summed E-state index contributed by atoms with van der Waals surface area (Å²) in [4.78, 5) is 14.0. The lowest BCUT2D eigenvalue weighted by atomic mass is 10.2. The average Bonchev–Trinajstić information content (AvgIpc) is 3.11. The molecule has 1 aromatic heterocycles. The lowest BCUT2D eigenvalue weighted by Crippen LogP contribution is -2.35. The fraction of sp³-hybridized carbons (Fsp3) is 0.714. The molecule has 3 rings (SSSR count). The summed E-state index contributed by atoms with van der Waals surface area (Å²) in [5.74, 6) is 0.890. The zero-order valence-electron chi connectivity index (χ0n) is 11.7. The molecule has 5 nitrogen and oxygen atoms in total. The molecule has 0 aromatic carbocycles. The minimum absolute atomic E-state index is 0.711. The van der Waals surface area contributed by atoms with Crippen LogP contribution in [-0.4, -0.2) is 54.1 Å². The Hall–Kier alpha value is -1.20. The van der Waals surface area contributed by atoms with Gasteiger partial charge in [0.25, 0.3) is 0 Å². The minimum atomic E-state index is 0.711. The lowest BCUT2D eigenvalue weighted by molar-refractivity contribution is 0.260.